The first-order valence-corrected chi connectivity index (χ1v) is 10.5. The van der Waals surface area contributed by atoms with E-state index in [0.29, 0.717) is 16.3 Å². The predicted octanol–water partition coefficient (Wildman–Crippen LogP) is 4.04. The summed E-state index contributed by atoms with van der Waals surface area (Å²) in [5.74, 6) is -2.53. The van der Waals surface area contributed by atoms with Crippen molar-refractivity contribution < 1.29 is 27.6 Å². The van der Waals surface area contributed by atoms with Gasteiger partial charge in [-0.2, -0.15) is 18.3 Å². The maximum absolute atomic E-state index is 13.4. The summed E-state index contributed by atoms with van der Waals surface area (Å²) in [6.45, 7) is 2.86. The SMILES string of the molecule is CC(=O)NNC(=O)c1cc(C)cc(Br)c1NC(=O)c1cc(C(F)(F)F)nn1-c1ncccc1Cl. The number of hydrogen-bond donors (Lipinski definition) is 3. The molecule has 9 nitrogen and oxygen atoms in total. The lowest BCUT2D eigenvalue weighted by Crippen LogP contribution is -2.40. The first kappa shape index (κ1) is 25.2. The summed E-state index contributed by atoms with van der Waals surface area (Å²) in [6.07, 6.45) is -3.58. The lowest BCUT2D eigenvalue weighted by molar-refractivity contribution is -0.141. The highest BCUT2D eigenvalue weighted by Gasteiger charge is 2.37. The summed E-state index contributed by atoms with van der Waals surface area (Å²) in [4.78, 5) is 40.7. The van der Waals surface area contributed by atoms with E-state index in [0.717, 1.165) is 0 Å². The van der Waals surface area contributed by atoms with Crippen LogP contribution in [0.25, 0.3) is 5.82 Å². The first-order chi connectivity index (χ1) is 15.9. The molecule has 1 aromatic carbocycles. The van der Waals surface area contributed by atoms with Gasteiger partial charge in [-0.3, -0.25) is 25.2 Å². The zero-order valence-electron chi connectivity index (χ0n) is 17.4. The Morgan fingerprint density at radius 2 is 1.82 bits per heavy atom. The van der Waals surface area contributed by atoms with Crippen LogP contribution in [0.2, 0.25) is 5.02 Å². The number of aryl methyl sites for hydroxylation is 1. The number of alkyl halides is 3. The average Bonchev–Trinajstić information content (AvgIpc) is 3.20. The topological polar surface area (TPSA) is 118 Å². The molecular formula is C20H15BrClF3N6O3. The summed E-state index contributed by atoms with van der Waals surface area (Å²) in [7, 11) is 0. The van der Waals surface area contributed by atoms with Gasteiger partial charge < -0.3 is 5.32 Å². The van der Waals surface area contributed by atoms with Crippen molar-refractivity contribution in [2.24, 2.45) is 0 Å². The number of rotatable bonds is 4. The predicted molar refractivity (Wildman–Crippen MR) is 119 cm³/mol. The van der Waals surface area contributed by atoms with Crippen molar-refractivity contribution in [1.82, 2.24) is 25.6 Å². The molecule has 0 spiro atoms. The Morgan fingerprint density at radius 3 is 2.44 bits per heavy atom. The minimum Gasteiger partial charge on any atom is -0.319 e. The van der Waals surface area contributed by atoms with E-state index in [2.05, 4.69) is 42.2 Å². The Bertz CT molecular complexity index is 1300. The number of halogens is 5. The van der Waals surface area contributed by atoms with Gasteiger partial charge in [0.25, 0.3) is 11.8 Å². The number of hydrogen-bond acceptors (Lipinski definition) is 5. The number of carbonyl (C=O) groups is 3. The van der Waals surface area contributed by atoms with Gasteiger partial charge in [-0.15, -0.1) is 0 Å². The van der Waals surface area contributed by atoms with Gasteiger partial charge in [0.15, 0.2) is 11.5 Å². The Balaban J connectivity index is 2.07. The first-order valence-electron chi connectivity index (χ1n) is 9.35. The molecule has 2 heterocycles. The molecule has 3 amide bonds. The number of pyridine rings is 1. The van der Waals surface area contributed by atoms with Crippen LogP contribution in [0.3, 0.4) is 0 Å². The summed E-state index contributed by atoms with van der Waals surface area (Å²) in [6, 6.07) is 6.38. The van der Waals surface area contributed by atoms with Crippen molar-refractivity contribution >= 4 is 50.9 Å². The van der Waals surface area contributed by atoms with Gasteiger partial charge in [0.2, 0.25) is 5.91 Å². The number of carbonyl (C=O) groups excluding carboxylic acids is 3. The molecule has 34 heavy (non-hydrogen) atoms. The van der Waals surface area contributed by atoms with E-state index >= 15 is 0 Å². The number of benzene rings is 1. The zero-order chi connectivity index (χ0) is 25.2. The van der Waals surface area contributed by atoms with E-state index in [4.69, 9.17) is 11.6 Å². The van der Waals surface area contributed by atoms with Gasteiger partial charge in [0.1, 0.15) is 5.69 Å². The number of anilines is 1. The fraction of sp³-hybridized carbons (Fsp3) is 0.150. The fourth-order valence-electron chi connectivity index (χ4n) is 2.81. The summed E-state index contributed by atoms with van der Waals surface area (Å²) >= 11 is 9.30. The number of nitrogens with zero attached hydrogens (tertiary/aromatic N) is 3. The van der Waals surface area contributed by atoms with Crippen LogP contribution in [0.4, 0.5) is 18.9 Å². The number of nitrogens with one attached hydrogen (secondary N) is 3. The number of amides is 3. The molecule has 0 aliphatic heterocycles. The smallest absolute Gasteiger partial charge is 0.319 e. The van der Waals surface area contributed by atoms with E-state index in [1.807, 2.05) is 0 Å². The van der Waals surface area contributed by atoms with Crippen molar-refractivity contribution in [2.45, 2.75) is 20.0 Å². The van der Waals surface area contributed by atoms with Crippen LogP contribution in [0, 0.1) is 6.92 Å². The fourth-order valence-corrected chi connectivity index (χ4v) is 3.69. The zero-order valence-corrected chi connectivity index (χ0v) is 19.8. The van der Waals surface area contributed by atoms with Crippen LogP contribution in [-0.2, 0) is 11.0 Å². The Labute approximate surface area is 203 Å². The third-order valence-corrected chi connectivity index (χ3v) is 5.16. The highest BCUT2D eigenvalue weighted by Crippen LogP contribution is 2.32. The molecule has 0 saturated carbocycles. The second-order valence-electron chi connectivity index (χ2n) is 6.89. The third kappa shape index (κ3) is 5.54. The second kappa shape index (κ2) is 9.81. The van der Waals surface area contributed by atoms with E-state index in [-0.39, 0.29) is 26.6 Å². The molecule has 178 valence electrons. The van der Waals surface area contributed by atoms with Gasteiger partial charge in [0, 0.05) is 23.7 Å². The highest BCUT2D eigenvalue weighted by atomic mass is 79.9. The molecule has 0 radical (unpaired) electrons. The minimum absolute atomic E-state index is 0.0414. The molecular weight excluding hydrogens is 545 g/mol. The second-order valence-corrected chi connectivity index (χ2v) is 8.15. The standard InChI is InChI=1S/C20H15BrClF3N6O3/c1-9-6-11(18(33)29-28-10(2)32)16(12(21)7-9)27-19(34)14-8-15(20(23,24)25)30-31(14)17-13(22)4-3-5-26-17/h3-8H,1-2H3,(H,27,34)(H,28,32)(H,29,33). The van der Waals surface area contributed by atoms with E-state index in [1.165, 1.54) is 31.3 Å². The van der Waals surface area contributed by atoms with Crippen molar-refractivity contribution in [3.05, 3.63) is 68.5 Å². The normalized spacial score (nSPS) is 11.1. The van der Waals surface area contributed by atoms with Crippen molar-refractivity contribution in [3.63, 3.8) is 0 Å². The third-order valence-electron chi connectivity index (χ3n) is 4.24. The maximum Gasteiger partial charge on any atom is 0.435 e. The van der Waals surface area contributed by atoms with Crippen LogP contribution in [0.1, 0.15) is 39.0 Å². The largest absolute Gasteiger partial charge is 0.435 e. The Hall–Kier alpha value is -3.45. The summed E-state index contributed by atoms with van der Waals surface area (Å²) < 4.78 is 41.0. The van der Waals surface area contributed by atoms with Gasteiger partial charge in [-0.1, -0.05) is 11.6 Å². The van der Waals surface area contributed by atoms with Gasteiger partial charge in [-0.05, 0) is 52.7 Å². The van der Waals surface area contributed by atoms with Crippen molar-refractivity contribution in [2.75, 3.05) is 5.32 Å². The van der Waals surface area contributed by atoms with Crippen molar-refractivity contribution in [3.8, 4) is 5.82 Å². The Kier molecular flexibility index (Phi) is 7.26. The minimum atomic E-state index is -4.85. The van der Waals surface area contributed by atoms with Crippen LogP contribution >= 0.6 is 27.5 Å². The lowest BCUT2D eigenvalue weighted by atomic mass is 10.1. The van der Waals surface area contributed by atoms with Gasteiger partial charge >= 0.3 is 6.18 Å². The molecule has 0 unspecified atom stereocenters. The molecule has 0 bridgehead atoms. The highest BCUT2D eigenvalue weighted by molar-refractivity contribution is 9.10. The Morgan fingerprint density at radius 1 is 1.12 bits per heavy atom. The molecule has 3 aromatic rings. The number of hydrazine groups is 1. The van der Waals surface area contributed by atoms with Crippen LogP contribution in [0.15, 0.2) is 41.0 Å². The van der Waals surface area contributed by atoms with E-state index in [1.54, 1.807) is 13.0 Å². The summed E-state index contributed by atoms with van der Waals surface area (Å²) in [5, 5.41) is 5.85. The lowest BCUT2D eigenvalue weighted by Gasteiger charge is -2.15. The molecule has 0 atom stereocenters. The van der Waals surface area contributed by atoms with Gasteiger partial charge in [-0.25, -0.2) is 9.67 Å². The average molecular weight is 560 g/mol. The summed E-state index contributed by atoms with van der Waals surface area (Å²) in [5.41, 5.74) is 2.93. The van der Waals surface area contributed by atoms with Crippen LogP contribution in [-0.4, -0.2) is 32.5 Å². The van der Waals surface area contributed by atoms with Crippen LogP contribution in [0.5, 0.6) is 0 Å². The molecule has 0 aliphatic rings. The number of aromatic nitrogens is 3. The monoisotopic (exact) mass is 558 g/mol. The van der Waals surface area contributed by atoms with Crippen LogP contribution < -0.4 is 16.2 Å². The molecule has 0 aliphatic carbocycles. The van der Waals surface area contributed by atoms with E-state index < -0.39 is 35.3 Å². The molecule has 3 rings (SSSR count). The molecule has 14 heteroatoms. The maximum atomic E-state index is 13.4. The quantitative estimate of drug-likeness (QED) is 0.417. The molecule has 0 fully saturated rings. The van der Waals surface area contributed by atoms with Crippen molar-refractivity contribution in [1.29, 1.82) is 0 Å². The molecule has 0 saturated heterocycles. The van der Waals surface area contributed by atoms with E-state index in [9.17, 15) is 27.6 Å². The molecule has 2 aromatic heterocycles. The molecule has 3 N–H and O–H groups in total. The van der Waals surface area contributed by atoms with Gasteiger partial charge in [0.05, 0.1) is 16.3 Å².